The van der Waals surface area contributed by atoms with Gasteiger partial charge in [-0.05, 0) is 24.0 Å². The normalized spacial score (nSPS) is 12.1. The molecule has 0 aliphatic heterocycles. The van der Waals surface area contributed by atoms with Crippen LogP contribution in [-0.2, 0) is 24.7 Å². The Bertz CT molecular complexity index is 565. The first-order chi connectivity index (χ1) is 10.2. The highest BCUT2D eigenvalue weighted by Crippen LogP contribution is 2.08. The van der Waals surface area contributed by atoms with Gasteiger partial charge in [0.1, 0.15) is 0 Å². The summed E-state index contributed by atoms with van der Waals surface area (Å²) >= 11 is 0. The minimum atomic E-state index is -0.179. The minimum absolute atomic E-state index is 0.0187. The number of aromatic nitrogens is 2. The number of nitrogens with zero attached hydrogens (tertiary/aromatic N) is 2. The van der Waals surface area contributed by atoms with Crippen LogP contribution in [0.4, 0.5) is 0 Å². The number of benzene rings is 1. The lowest BCUT2D eigenvalue weighted by Crippen LogP contribution is -2.37. The van der Waals surface area contributed by atoms with Gasteiger partial charge >= 0.3 is 0 Å². The summed E-state index contributed by atoms with van der Waals surface area (Å²) in [6, 6.07) is 9.96. The average molecular weight is 286 g/mol. The summed E-state index contributed by atoms with van der Waals surface area (Å²) in [5.41, 5.74) is 7.98. The molecule has 1 aromatic heterocycles. The number of carbonyl (C=O) groups is 1. The third-order valence-corrected chi connectivity index (χ3v) is 3.45. The molecular weight excluding hydrogens is 264 g/mol. The van der Waals surface area contributed by atoms with E-state index in [4.69, 9.17) is 5.73 Å². The average Bonchev–Trinajstić information content (AvgIpc) is 2.91. The fourth-order valence-corrected chi connectivity index (χ4v) is 2.26. The molecule has 0 aliphatic rings. The monoisotopic (exact) mass is 286 g/mol. The second-order valence-electron chi connectivity index (χ2n) is 5.19. The number of amides is 1. The number of nitrogens with two attached hydrogens (primary N) is 1. The van der Waals surface area contributed by atoms with Crippen LogP contribution in [0.15, 0.2) is 42.7 Å². The smallest absolute Gasteiger partial charge is 0.224 e. The van der Waals surface area contributed by atoms with Crippen molar-refractivity contribution in [3.05, 3.63) is 53.9 Å². The predicted octanol–water partition coefficient (Wildman–Crippen LogP) is 0.896. The second-order valence-corrected chi connectivity index (χ2v) is 5.19. The summed E-state index contributed by atoms with van der Waals surface area (Å²) in [7, 11) is 1.88. The molecule has 1 aromatic carbocycles. The highest BCUT2D eigenvalue weighted by Gasteiger charge is 2.16. The van der Waals surface area contributed by atoms with Crippen LogP contribution >= 0.6 is 0 Å². The summed E-state index contributed by atoms with van der Waals surface area (Å²) in [6.45, 7) is 0.962. The van der Waals surface area contributed by atoms with E-state index in [1.807, 2.05) is 49.8 Å². The third-order valence-electron chi connectivity index (χ3n) is 3.45. The first-order valence-electron chi connectivity index (χ1n) is 7.18. The SMILES string of the molecule is Cn1cc(CCNC(=O)C(CN)Cc2ccccc2)cn1. The van der Waals surface area contributed by atoms with Crippen molar-refractivity contribution in [3.63, 3.8) is 0 Å². The van der Waals surface area contributed by atoms with E-state index in [2.05, 4.69) is 10.4 Å². The lowest BCUT2D eigenvalue weighted by atomic mass is 9.98. The molecule has 0 fully saturated rings. The summed E-state index contributed by atoms with van der Waals surface area (Å²) in [4.78, 5) is 12.2. The first-order valence-corrected chi connectivity index (χ1v) is 7.18. The van der Waals surface area contributed by atoms with Crippen molar-refractivity contribution in [1.82, 2.24) is 15.1 Å². The zero-order valence-corrected chi connectivity index (χ0v) is 12.3. The van der Waals surface area contributed by atoms with Crippen molar-refractivity contribution in [1.29, 1.82) is 0 Å². The molecular formula is C16H22N4O. The molecule has 1 atom stereocenters. The van der Waals surface area contributed by atoms with Gasteiger partial charge in [0.15, 0.2) is 0 Å². The standard InChI is InChI=1S/C16H22N4O/c1-20-12-14(11-19-20)7-8-18-16(21)15(10-17)9-13-5-3-2-4-6-13/h2-6,11-12,15H,7-10,17H2,1H3,(H,18,21). The van der Waals surface area contributed by atoms with Crippen LogP contribution in [0.2, 0.25) is 0 Å². The molecule has 0 spiro atoms. The Balaban J connectivity index is 1.80. The Morgan fingerprint density at radius 2 is 2.10 bits per heavy atom. The molecule has 3 N–H and O–H groups in total. The van der Waals surface area contributed by atoms with Crippen molar-refractivity contribution in [3.8, 4) is 0 Å². The van der Waals surface area contributed by atoms with Crippen LogP contribution in [0.5, 0.6) is 0 Å². The van der Waals surface area contributed by atoms with Gasteiger partial charge in [-0.2, -0.15) is 5.10 Å². The Morgan fingerprint density at radius 1 is 1.33 bits per heavy atom. The molecule has 0 saturated heterocycles. The van der Waals surface area contributed by atoms with Crippen molar-refractivity contribution in [2.24, 2.45) is 18.7 Å². The molecule has 112 valence electrons. The minimum Gasteiger partial charge on any atom is -0.355 e. The van der Waals surface area contributed by atoms with Gasteiger partial charge in [-0.25, -0.2) is 0 Å². The molecule has 0 radical (unpaired) electrons. The van der Waals surface area contributed by atoms with E-state index in [1.54, 1.807) is 4.68 Å². The molecule has 1 unspecified atom stereocenters. The maximum atomic E-state index is 12.2. The van der Waals surface area contributed by atoms with Gasteiger partial charge in [-0.15, -0.1) is 0 Å². The van der Waals surface area contributed by atoms with E-state index >= 15 is 0 Å². The van der Waals surface area contributed by atoms with E-state index in [1.165, 1.54) is 0 Å². The number of hydrogen-bond donors (Lipinski definition) is 2. The highest BCUT2D eigenvalue weighted by molar-refractivity contribution is 5.79. The van der Waals surface area contributed by atoms with Gasteiger partial charge in [0.2, 0.25) is 5.91 Å². The molecule has 1 amide bonds. The second kappa shape index (κ2) is 7.59. The predicted molar refractivity (Wildman–Crippen MR) is 82.6 cm³/mol. The maximum Gasteiger partial charge on any atom is 0.224 e. The van der Waals surface area contributed by atoms with E-state index in [9.17, 15) is 4.79 Å². The van der Waals surface area contributed by atoms with Gasteiger partial charge in [0, 0.05) is 26.3 Å². The fourth-order valence-electron chi connectivity index (χ4n) is 2.26. The van der Waals surface area contributed by atoms with E-state index < -0.39 is 0 Å². The van der Waals surface area contributed by atoms with Crippen molar-refractivity contribution in [2.45, 2.75) is 12.8 Å². The van der Waals surface area contributed by atoms with E-state index in [0.717, 1.165) is 17.5 Å². The topological polar surface area (TPSA) is 72.9 Å². The third kappa shape index (κ3) is 4.72. The molecule has 2 aromatic rings. The summed E-state index contributed by atoms with van der Waals surface area (Å²) in [5.74, 6) is -0.161. The molecule has 0 aliphatic carbocycles. The van der Waals surface area contributed by atoms with Gasteiger partial charge < -0.3 is 11.1 Å². The van der Waals surface area contributed by atoms with Crippen molar-refractivity contribution in [2.75, 3.05) is 13.1 Å². The molecule has 0 saturated carbocycles. The molecule has 5 nitrogen and oxygen atoms in total. The largest absolute Gasteiger partial charge is 0.355 e. The first kappa shape index (κ1) is 15.3. The number of carbonyl (C=O) groups excluding carboxylic acids is 1. The number of hydrogen-bond acceptors (Lipinski definition) is 3. The summed E-state index contributed by atoms with van der Waals surface area (Å²) in [5, 5.41) is 7.06. The van der Waals surface area contributed by atoms with Crippen LogP contribution in [0.25, 0.3) is 0 Å². The van der Waals surface area contributed by atoms with Crippen LogP contribution in [-0.4, -0.2) is 28.8 Å². The quantitative estimate of drug-likeness (QED) is 0.794. The van der Waals surface area contributed by atoms with Gasteiger partial charge in [0.05, 0.1) is 12.1 Å². The van der Waals surface area contributed by atoms with Crippen LogP contribution in [0.1, 0.15) is 11.1 Å². The van der Waals surface area contributed by atoms with E-state index in [0.29, 0.717) is 19.5 Å². The zero-order valence-electron chi connectivity index (χ0n) is 12.3. The van der Waals surface area contributed by atoms with E-state index in [-0.39, 0.29) is 11.8 Å². The Labute approximate surface area is 125 Å². The Hall–Kier alpha value is -2.14. The lowest BCUT2D eigenvalue weighted by Gasteiger charge is -2.14. The van der Waals surface area contributed by atoms with Crippen LogP contribution < -0.4 is 11.1 Å². The Kier molecular flexibility index (Phi) is 5.51. The number of aryl methyl sites for hydroxylation is 1. The van der Waals surface area contributed by atoms with Gasteiger partial charge in [-0.1, -0.05) is 30.3 Å². The van der Waals surface area contributed by atoms with Crippen LogP contribution in [0, 0.1) is 5.92 Å². The zero-order chi connectivity index (χ0) is 15.1. The fraction of sp³-hybridized carbons (Fsp3) is 0.375. The summed E-state index contributed by atoms with van der Waals surface area (Å²) in [6.07, 6.45) is 5.23. The van der Waals surface area contributed by atoms with Crippen molar-refractivity contribution >= 4 is 5.91 Å². The van der Waals surface area contributed by atoms with Gasteiger partial charge in [0.25, 0.3) is 0 Å². The summed E-state index contributed by atoms with van der Waals surface area (Å²) < 4.78 is 1.76. The van der Waals surface area contributed by atoms with Crippen LogP contribution in [0.3, 0.4) is 0 Å². The van der Waals surface area contributed by atoms with Gasteiger partial charge in [-0.3, -0.25) is 9.48 Å². The molecule has 5 heteroatoms. The number of rotatable bonds is 7. The molecule has 1 heterocycles. The molecule has 0 bridgehead atoms. The molecule has 2 rings (SSSR count). The highest BCUT2D eigenvalue weighted by atomic mass is 16.1. The number of nitrogens with one attached hydrogen (secondary N) is 1. The van der Waals surface area contributed by atoms with Crippen molar-refractivity contribution < 1.29 is 4.79 Å². The maximum absolute atomic E-state index is 12.2. The molecule has 21 heavy (non-hydrogen) atoms. The Morgan fingerprint density at radius 3 is 2.71 bits per heavy atom. The lowest BCUT2D eigenvalue weighted by molar-refractivity contribution is -0.124.